The zero-order chi connectivity index (χ0) is 21.5. The van der Waals surface area contributed by atoms with Crippen molar-refractivity contribution in [2.75, 3.05) is 4.72 Å². The van der Waals surface area contributed by atoms with Gasteiger partial charge in [0.1, 0.15) is 0 Å². The van der Waals surface area contributed by atoms with Crippen molar-refractivity contribution in [3.05, 3.63) is 93.5 Å². The topological polar surface area (TPSA) is 85.5 Å². The number of aromatic nitrogens is 3. The lowest BCUT2D eigenvalue weighted by Crippen LogP contribution is -2.21. The number of anilines is 1. The van der Waals surface area contributed by atoms with Crippen LogP contribution in [0.15, 0.2) is 70.5 Å². The molecule has 30 heavy (non-hydrogen) atoms. The molecule has 0 unspecified atom stereocenters. The van der Waals surface area contributed by atoms with Gasteiger partial charge in [-0.15, -0.1) is 5.10 Å². The Morgan fingerprint density at radius 2 is 1.70 bits per heavy atom. The summed E-state index contributed by atoms with van der Waals surface area (Å²) in [6.07, 6.45) is 1.66. The molecule has 0 aliphatic carbocycles. The number of nitrogens with one attached hydrogen (secondary N) is 1. The van der Waals surface area contributed by atoms with E-state index in [9.17, 15) is 13.2 Å². The molecule has 0 atom stereocenters. The molecule has 0 radical (unpaired) electrons. The fourth-order valence-corrected chi connectivity index (χ4v) is 5.28. The molecule has 8 heteroatoms. The molecule has 0 aliphatic heterocycles. The van der Waals surface area contributed by atoms with Crippen molar-refractivity contribution in [3.8, 4) is 0 Å². The van der Waals surface area contributed by atoms with Crippen molar-refractivity contribution in [2.24, 2.45) is 0 Å². The smallest absolute Gasteiger partial charge is 0.280 e. The lowest BCUT2D eigenvalue weighted by atomic mass is 10.1. The van der Waals surface area contributed by atoms with Gasteiger partial charge < -0.3 is 0 Å². The number of aryl methyl sites for hydroxylation is 3. The number of hydrogen-bond acceptors (Lipinski definition) is 4. The minimum atomic E-state index is -3.75. The number of hydrogen-bond donors (Lipinski definition) is 1. The van der Waals surface area contributed by atoms with Crippen LogP contribution in [0.25, 0.3) is 5.65 Å². The quantitative estimate of drug-likeness (QED) is 0.535. The second-order valence-electron chi connectivity index (χ2n) is 7.40. The summed E-state index contributed by atoms with van der Waals surface area (Å²) in [4.78, 5) is 12.8. The van der Waals surface area contributed by atoms with E-state index < -0.39 is 10.0 Å². The lowest BCUT2D eigenvalue weighted by Gasteiger charge is -2.14. The number of rotatable bonds is 5. The van der Waals surface area contributed by atoms with Crippen LogP contribution in [-0.4, -0.2) is 22.6 Å². The standard InChI is InChI=1S/C22H22N4O3S/c1-15-11-16(2)21(17(3)12-15)30(28,29)24-19-8-6-7-18(13-19)14-26-22(27)25-10-5-4-9-20(25)23-26/h4-13,24H,14H2,1-3H3. The molecule has 0 fully saturated rings. The number of benzene rings is 2. The Hall–Kier alpha value is -3.39. The molecular weight excluding hydrogens is 400 g/mol. The Morgan fingerprint density at radius 1 is 0.967 bits per heavy atom. The number of fused-ring (bicyclic) bond motifs is 1. The molecule has 4 rings (SSSR count). The molecule has 7 nitrogen and oxygen atoms in total. The van der Waals surface area contributed by atoms with Gasteiger partial charge in [0.2, 0.25) is 0 Å². The van der Waals surface area contributed by atoms with Crippen molar-refractivity contribution in [2.45, 2.75) is 32.2 Å². The van der Waals surface area contributed by atoms with Gasteiger partial charge >= 0.3 is 5.69 Å². The predicted molar refractivity (Wildman–Crippen MR) is 116 cm³/mol. The van der Waals surface area contributed by atoms with Gasteiger partial charge in [-0.05, 0) is 61.7 Å². The first-order valence-corrected chi connectivity index (χ1v) is 11.0. The Bertz CT molecular complexity index is 1390. The molecule has 0 bridgehead atoms. The molecule has 154 valence electrons. The van der Waals surface area contributed by atoms with Crippen LogP contribution in [0, 0.1) is 20.8 Å². The van der Waals surface area contributed by atoms with E-state index in [0.717, 1.165) is 11.1 Å². The summed E-state index contributed by atoms with van der Waals surface area (Å²) < 4.78 is 31.5. The van der Waals surface area contributed by atoms with Crippen LogP contribution in [0.4, 0.5) is 5.69 Å². The van der Waals surface area contributed by atoms with Crippen LogP contribution < -0.4 is 10.4 Å². The molecule has 2 heterocycles. The Morgan fingerprint density at radius 3 is 2.40 bits per heavy atom. The minimum absolute atomic E-state index is 0.235. The normalized spacial score (nSPS) is 11.7. The second kappa shape index (κ2) is 7.46. The SMILES string of the molecule is Cc1cc(C)c(S(=O)(=O)Nc2cccc(Cn3nc4ccccn4c3=O)c2)c(C)c1. The van der Waals surface area contributed by atoms with Gasteiger partial charge in [-0.25, -0.2) is 17.9 Å². The van der Waals surface area contributed by atoms with Crippen LogP contribution in [-0.2, 0) is 16.6 Å². The van der Waals surface area contributed by atoms with Crippen molar-refractivity contribution < 1.29 is 8.42 Å². The van der Waals surface area contributed by atoms with Crippen molar-refractivity contribution in [1.82, 2.24) is 14.2 Å². The van der Waals surface area contributed by atoms with Gasteiger partial charge in [0.05, 0.1) is 11.4 Å². The Balaban J connectivity index is 1.64. The fraction of sp³-hybridized carbons (Fsp3) is 0.182. The minimum Gasteiger partial charge on any atom is -0.280 e. The van der Waals surface area contributed by atoms with Gasteiger partial charge in [0, 0.05) is 11.9 Å². The monoisotopic (exact) mass is 422 g/mol. The van der Waals surface area contributed by atoms with E-state index in [1.54, 1.807) is 50.4 Å². The van der Waals surface area contributed by atoms with Crippen LogP contribution in [0.1, 0.15) is 22.3 Å². The number of sulfonamides is 1. The van der Waals surface area contributed by atoms with E-state index in [-0.39, 0.29) is 17.1 Å². The summed E-state index contributed by atoms with van der Waals surface area (Å²) in [6, 6.07) is 16.0. The average Bonchev–Trinajstić information content (AvgIpc) is 2.96. The maximum atomic E-state index is 13.0. The van der Waals surface area contributed by atoms with E-state index in [0.29, 0.717) is 22.5 Å². The first-order valence-electron chi connectivity index (χ1n) is 9.48. The zero-order valence-electron chi connectivity index (χ0n) is 17.0. The summed E-state index contributed by atoms with van der Waals surface area (Å²) in [5, 5.41) is 4.32. The molecule has 1 N–H and O–H groups in total. The molecule has 0 aliphatic rings. The Kier molecular flexibility index (Phi) is 4.95. The second-order valence-corrected chi connectivity index (χ2v) is 9.02. The van der Waals surface area contributed by atoms with Gasteiger partial charge in [0.15, 0.2) is 5.65 Å². The summed E-state index contributed by atoms with van der Waals surface area (Å²) in [7, 11) is -3.75. The van der Waals surface area contributed by atoms with Gasteiger partial charge in [-0.2, -0.15) is 0 Å². The highest BCUT2D eigenvalue weighted by atomic mass is 32.2. The molecule has 2 aromatic carbocycles. The molecule has 2 aromatic heterocycles. The zero-order valence-corrected chi connectivity index (χ0v) is 17.8. The van der Waals surface area contributed by atoms with Crippen LogP contribution >= 0.6 is 0 Å². The van der Waals surface area contributed by atoms with Gasteiger partial charge in [-0.3, -0.25) is 9.12 Å². The highest BCUT2D eigenvalue weighted by Crippen LogP contribution is 2.24. The molecule has 0 amide bonds. The molecule has 0 spiro atoms. The number of nitrogens with zero attached hydrogens (tertiary/aromatic N) is 3. The predicted octanol–water partition coefficient (Wildman–Crippen LogP) is 3.27. The first-order chi connectivity index (χ1) is 14.2. The van der Waals surface area contributed by atoms with E-state index >= 15 is 0 Å². The van der Waals surface area contributed by atoms with E-state index in [2.05, 4.69) is 9.82 Å². The van der Waals surface area contributed by atoms with Crippen LogP contribution in [0.5, 0.6) is 0 Å². The maximum absolute atomic E-state index is 13.0. The molecule has 0 saturated carbocycles. The summed E-state index contributed by atoms with van der Waals surface area (Å²) in [5.74, 6) is 0. The van der Waals surface area contributed by atoms with Crippen LogP contribution in [0.2, 0.25) is 0 Å². The van der Waals surface area contributed by atoms with Crippen LogP contribution in [0.3, 0.4) is 0 Å². The van der Waals surface area contributed by atoms with E-state index in [1.807, 2.05) is 31.2 Å². The largest absolute Gasteiger partial charge is 0.350 e. The fourth-order valence-electron chi connectivity index (χ4n) is 3.77. The highest BCUT2D eigenvalue weighted by molar-refractivity contribution is 7.92. The summed E-state index contributed by atoms with van der Waals surface area (Å²) >= 11 is 0. The van der Waals surface area contributed by atoms with E-state index in [4.69, 9.17) is 0 Å². The lowest BCUT2D eigenvalue weighted by molar-refractivity contribution is 0.600. The maximum Gasteiger partial charge on any atom is 0.350 e. The van der Waals surface area contributed by atoms with Crippen molar-refractivity contribution in [1.29, 1.82) is 0 Å². The van der Waals surface area contributed by atoms with Crippen molar-refractivity contribution in [3.63, 3.8) is 0 Å². The molecule has 4 aromatic rings. The third-order valence-corrected chi connectivity index (χ3v) is 6.56. The van der Waals surface area contributed by atoms with E-state index in [1.165, 1.54) is 9.08 Å². The molecular formula is C22H22N4O3S. The number of pyridine rings is 1. The van der Waals surface area contributed by atoms with Crippen molar-refractivity contribution >= 4 is 21.4 Å². The highest BCUT2D eigenvalue weighted by Gasteiger charge is 2.20. The summed E-state index contributed by atoms with van der Waals surface area (Å²) in [6.45, 7) is 5.76. The van der Waals surface area contributed by atoms with Gasteiger partial charge in [0.25, 0.3) is 10.0 Å². The third kappa shape index (κ3) is 3.73. The van der Waals surface area contributed by atoms with Gasteiger partial charge in [-0.1, -0.05) is 35.9 Å². The average molecular weight is 423 g/mol. The summed E-state index contributed by atoms with van der Waals surface area (Å²) in [5.41, 5.74) is 3.93. The Labute approximate surface area is 174 Å². The first kappa shape index (κ1) is 19.9. The molecule has 0 saturated heterocycles. The third-order valence-electron chi connectivity index (χ3n) is 4.87.